The Kier molecular flexibility index (Phi) is 6.63. The van der Waals surface area contributed by atoms with Gasteiger partial charge < -0.3 is 15.5 Å². The number of aromatic carboxylic acids is 1. The lowest BCUT2D eigenvalue weighted by Crippen LogP contribution is -2.34. The van der Waals surface area contributed by atoms with E-state index in [0.29, 0.717) is 12.1 Å². The molecule has 0 aliphatic rings. The van der Waals surface area contributed by atoms with Crippen molar-refractivity contribution in [3.8, 4) is 0 Å². The highest BCUT2D eigenvalue weighted by Crippen LogP contribution is 2.21. The quantitative estimate of drug-likeness (QED) is 0.429. The summed E-state index contributed by atoms with van der Waals surface area (Å²) in [6, 6.07) is 3.41. The molecule has 0 unspecified atom stereocenters. The number of anilines is 1. The largest absolute Gasteiger partial charge is 0.478 e. The number of nitrogens with one attached hydrogen (secondary N) is 2. The zero-order valence-electron chi connectivity index (χ0n) is 14.2. The second-order valence-corrected chi connectivity index (χ2v) is 5.84. The maximum absolute atomic E-state index is 13.3. The fourth-order valence-corrected chi connectivity index (χ4v) is 2.37. The smallest absolute Gasteiger partial charge is 0.335 e. The molecule has 4 N–H and O–H groups in total. The van der Waals surface area contributed by atoms with Gasteiger partial charge in [0.15, 0.2) is 11.6 Å². The molecule has 11 heteroatoms. The minimum absolute atomic E-state index is 0.0193. The minimum Gasteiger partial charge on any atom is -0.478 e. The summed E-state index contributed by atoms with van der Waals surface area (Å²) in [5.74, 6) is -6.34. The summed E-state index contributed by atoms with van der Waals surface area (Å²) in [7, 11) is 0. The van der Waals surface area contributed by atoms with Crippen molar-refractivity contribution >= 4 is 47.2 Å². The van der Waals surface area contributed by atoms with E-state index >= 15 is 0 Å². The molecule has 0 heterocycles. The minimum atomic E-state index is -1.34. The van der Waals surface area contributed by atoms with Crippen LogP contribution < -0.4 is 10.6 Å². The first kappa shape index (κ1) is 21.5. The first-order valence-corrected chi connectivity index (χ1v) is 8.01. The monoisotopic (exact) mass is 424 g/mol. The van der Waals surface area contributed by atoms with Gasteiger partial charge in [0, 0.05) is 11.8 Å². The van der Waals surface area contributed by atoms with Crippen LogP contribution in [0, 0.1) is 11.6 Å². The van der Waals surface area contributed by atoms with E-state index in [2.05, 4.69) is 5.32 Å². The molecular formula is C18H11ClF2N2O6. The van der Waals surface area contributed by atoms with Crippen molar-refractivity contribution in [2.45, 2.75) is 0 Å². The number of carboxylic acid groups (broad SMARTS) is 2. The fourth-order valence-electron chi connectivity index (χ4n) is 2.13. The highest BCUT2D eigenvalue weighted by molar-refractivity contribution is 6.34. The topological polar surface area (TPSA) is 133 Å². The van der Waals surface area contributed by atoms with Crippen LogP contribution in [-0.2, 0) is 4.79 Å². The number of hydrogen-bond donors (Lipinski definition) is 4. The summed E-state index contributed by atoms with van der Waals surface area (Å²) in [6.07, 6.45) is 1.76. The lowest BCUT2D eigenvalue weighted by molar-refractivity contribution is -0.131. The first-order chi connectivity index (χ1) is 13.6. The van der Waals surface area contributed by atoms with Crippen molar-refractivity contribution in [3.05, 3.63) is 69.8 Å². The average molecular weight is 425 g/mol. The van der Waals surface area contributed by atoms with E-state index in [9.17, 15) is 28.0 Å². The predicted octanol–water partition coefficient (Wildman–Crippen LogP) is 3.38. The van der Waals surface area contributed by atoms with E-state index in [1.807, 2.05) is 5.32 Å². The van der Waals surface area contributed by atoms with Gasteiger partial charge >= 0.3 is 18.0 Å². The highest BCUT2D eigenvalue weighted by atomic mass is 35.5. The standard InChI is InChI=1S/C18H11ClF2N2O6/c19-11-7-13(21)12(20)6-10(11)16(26)23-18(29)22-14-3-1-9(17(27)28)5-8(14)2-4-15(24)25/h1-7H,(H,24,25)(H,27,28)(H2,22,23,26,29)/b4-2+. The predicted molar refractivity (Wildman–Crippen MR) is 97.9 cm³/mol. The number of hydrogen-bond acceptors (Lipinski definition) is 4. The lowest BCUT2D eigenvalue weighted by Gasteiger charge is -2.11. The van der Waals surface area contributed by atoms with Gasteiger partial charge in [0.25, 0.3) is 5.91 Å². The normalized spacial score (nSPS) is 10.6. The van der Waals surface area contributed by atoms with Crippen LogP contribution in [-0.4, -0.2) is 34.1 Å². The van der Waals surface area contributed by atoms with Crippen molar-refractivity contribution in [2.75, 3.05) is 5.32 Å². The molecule has 8 nitrogen and oxygen atoms in total. The summed E-state index contributed by atoms with van der Waals surface area (Å²) in [5, 5.41) is 21.4. The Morgan fingerprint density at radius 2 is 1.66 bits per heavy atom. The van der Waals surface area contributed by atoms with Crippen LogP contribution in [0.25, 0.3) is 6.08 Å². The van der Waals surface area contributed by atoms with Crippen molar-refractivity contribution < 1.29 is 38.2 Å². The van der Waals surface area contributed by atoms with Gasteiger partial charge in [-0.2, -0.15) is 0 Å². The van der Waals surface area contributed by atoms with Gasteiger partial charge in [-0.25, -0.2) is 23.2 Å². The molecule has 150 valence electrons. The SMILES string of the molecule is O=C(O)/C=C/c1cc(C(=O)O)ccc1NC(=O)NC(=O)c1cc(F)c(F)cc1Cl. The third-order valence-corrected chi connectivity index (χ3v) is 3.75. The summed E-state index contributed by atoms with van der Waals surface area (Å²) in [4.78, 5) is 45.9. The maximum Gasteiger partial charge on any atom is 0.335 e. The van der Waals surface area contributed by atoms with Crippen LogP contribution in [0.1, 0.15) is 26.3 Å². The summed E-state index contributed by atoms with van der Waals surface area (Å²) >= 11 is 5.66. The molecule has 2 aromatic carbocycles. The average Bonchev–Trinajstić information content (AvgIpc) is 2.63. The van der Waals surface area contributed by atoms with Crippen molar-refractivity contribution in [3.63, 3.8) is 0 Å². The number of rotatable bonds is 5. The Balaban J connectivity index is 2.23. The van der Waals surface area contributed by atoms with Gasteiger partial charge in [0.2, 0.25) is 0 Å². The van der Waals surface area contributed by atoms with Crippen LogP contribution in [0.3, 0.4) is 0 Å². The van der Waals surface area contributed by atoms with Crippen LogP contribution in [0.4, 0.5) is 19.3 Å². The van der Waals surface area contributed by atoms with Crippen molar-refractivity contribution in [1.82, 2.24) is 5.32 Å². The Hall–Kier alpha value is -3.79. The molecule has 0 aliphatic heterocycles. The molecule has 0 radical (unpaired) electrons. The third-order valence-electron chi connectivity index (χ3n) is 3.43. The zero-order chi connectivity index (χ0) is 21.7. The van der Waals surface area contributed by atoms with Crippen molar-refractivity contribution in [1.29, 1.82) is 0 Å². The number of imide groups is 1. The second-order valence-electron chi connectivity index (χ2n) is 5.43. The molecule has 0 fully saturated rings. The van der Waals surface area contributed by atoms with Crippen molar-refractivity contribution in [2.24, 2.45) is 0 Å². The Bertz CT molecular complexity index is 1050. The number of amides is 3. The molecule has 3 amide bonds. The lowest BCUT2D eigenvalue weighted by atomic mass is 10.1. The molecular weight excluding hydrogens is 414 g/mol. The molecule has 2 aromatic rings. The number of carboxylic acids is 2. The second kappa shape index (κ2) is 8.93. The van der Waals surface area contributed by atoms with E-state index in [4.69, 9.17) is 21.8 Å². The Morgan fingerprint density at radius 3 is 2.28 bits per heavy atom. The molecule has 29 heavy (non-hydrogen) atoms. The molecule has 0 aliphatic carbocycles. The number of urea groups is 1. The zero-order valence-corrected chi connectivity index (χ0v) is 15.0. The molecule has 0 aromatic heterocycles. The van der Waals surface area contributed by atoms with E-state index in [-0.39, 0.29) is 16.8 Å². The molecule has 0 atom stereocenters. The summed E-state index contributed by atoms with van der Waals surface area (Å²) in [5.41, 5.74) is -0.659. The van der Waals surface area contributed by atoms with Crippen LogP contribution in [0.5, 0.6) is 0 Å². The van der Waals surface area contributed by atoms with Crippen LogP contribution in [0.2, 0.25) is 5.02 Å². The number of halogens is 3. The molecule has 0 saturated carbocycles. The fraction of sp³-hybridized carbons (Fsp3) is 0. The number of carbonyl (C=O) groups excluding carboxylic acids is 2. The van der Waals surface area contributed by atoms with Crippen LogP contribution >= 0.6 is 11.6 Å². The van der Waals surface area contributed by atoms with Gasteiger partial charge in [-0.05, 0) is 42.0 Å². The van der Waals surface area contributed by atoms with Gasteiger partial charge in [-0.3, -0.25) is 10.1 Å². The Morgan fingerprint density at radius 1 is 1.00 bits per heavy atom. The molecule has 2 rings (SSSR count). The third kappa shape index (κ3) is 5.59. The number of benzene rings is 2. The van der Waals surface area contributed by atoms with E-state index in [1.54, 1.807) is 0 Å². The van der Waals surface area contributed by atoms with Crippen LogP contribution in [0.15, 0.2) is 36.4 Å². The van der Waals surface area contributed by atoms with E-state index in [1.165, 1.54) is 6.07 Å². The summed E-state index contributed by atoms with van der Waals surface area (Å²) in [6.45, 7) is 0. The summed E-state index contributed by atoms with van der Waals surface area (Å²) < 4.78 is 26.4. The maximum atomic E-state index is 13.3. The van der Waals surface area contributed by atoms with Gasteiger partial charge in [0.1, 0.15) is 0 Å². The van der Waals surface area contributed by atoms with E-state index in [0.717, 1.165) is 24.3 Å². The first-order valence-electron chi connectivity index (χ1n) is 7.63. The highest BCUT2D eigenvalue weighted by Gasteiger charge is 2.18. The molecule has 0 spiro atoms. The Labute approximate surface area is 166 Å². The molecule has 0 saturated heterocycles. The molecule has 0 bridgehead atoms. The van der Waals surface area contributed by atoms with Gasteiger partial charge in [-0.1, -0.05) is 11.6 Å². The van der Waals surface area contributed by atoms with Gasteiger partial charge in [-0.15, -0.1) is 0 Å². The number of aliphatic carboxylic acids is 1. The van der Waals surface area contributed by atoms with E-state index < -0.39 is 46.1 Å². The van der Waals surface area contributed by atoms with Gasteiger partial charge in [0.05, 0.1) is 16.1 Å². The number of carbonyl (C=O) groups is 4.